The van der Waals surface area contributed by atoms with Crippen LogP contribution in [0.15, 0.2) is 18.2 Å². The highest BCUT2D eigenvalue weighted by atomic mass is 16.3. The largest absolute Gasteiger partial charge is 0.507 e. The first-order chi connectivity index (χ1) is 12.3. The van der Waals surface area contributed by atoms with E-state index in [-0.39, 0.29) is 24.2 Å². The maximum absolute atomic E-state index is 12.8. The van der Waals surface area contributed by atoms with E-state index in [9.17, 15) is 34.8 Å². The molecule has 7 heteroatoms. The molecule has 0 bridgehead atoms. The Morgan fingerprint density at radius 3 is 1.88 bits per heavy atom. The summed E-state index contributed by atoms with van der Waals surface area (Å²) < 4.78 is 0. The molecule has 0 heterocycles. The predicted octanol–water partition coefficient (Wildman–Crippen LogP) is 2.20. The zero-order valence-electron chi connectivity index (χ0n) is 13.9. The summed E-state index contributed by atoms with van der Waals surface area (Å²) in [5, 5.41) is 40.6. The predicted molar refractivity (Wildman–Crippen MR) is 90.0 cm³/mol. The van der Waals surface area contributed by atoms with E-state index >= 15 is 0 Å². The molecule has 0 aliphatic heterocycles. The topological polar surface area (TPSA) is 132 Å². The number of hydrogen-bond donors (Lipinski definition) is 4. The Balaban J connectivity index is 2.20. The van der Waals surface area contributed by atoms with Crippen molar-refractivity contribution in [3.63, 3.8) is 0 Å². The van der Waals surface area contributed by atoms with Crippen molar-refractivity contribution in [2.75, 3.05) is 0 Å². The fourth-order valence-corrected chi connectivity index (χ4v) is 3.10. The molecular formula is C19H16O7. The van der Waals surface area contributed by atoms with Crippen LogP contribution in [0.2, 0.25) is 0 Å². The van der Waals surface area contributed by atoms with E-state index in [0.29, 0.717) is 6.42 Å². The fraction of sp³-hybridized carbons (Fsp3) is 0.211. The van der Waals surface area contributed by atoms with Crippen LogP contribution < -0.4 is 0 Å². The van der Waals surface area contributed by atoms with Gasteiger partial charge in [0, 0.05) is 12.8 Å². The number of carbonyl (C=O) groups is 3. The molecule has 0 aromatic heterocycles. The molecule has 2 aromatic carbocycles. The second-order valence-electron chi connectivity index (χ2n) is 6.06. The van der Waals surface area contributed by atoms with E-state index in [2.05, 4.69) is 0 Å². The molecule has 134 valence electrons. The number of Topliss-reactive ketones (excluding diaryl/α,β-unsaturated/α-hetero) is 1. The van der Waals surface area contributed by atoms with E-state index < -0.39 is 56.8 Å². The summed E-state index contributed by atoms with van der Waals surface area (Å²) in [6.07, 6.45) is 0.502. The first-order valence-electron chi connectivity index (χ1n) is 8.01. The van der Waals surface area contributed by atoms with Crippen molar-refractivity contribution in [3.05, 3.63) is 46.0 Å². The molecular weight excluding hydrogens is 340 g/mol. The lowest BCUT2D eigenvalue weighted by molar-refractivity contribution is -0.118. The van der Waals surface area contributed by atoms with Gasteiger partial charge in [-0.25, -0.2) is 0 Å². The van der Waals surface area contributed by atoms with Gasteiger partial charge in [0.15, 0.2) is 0 Å². The third kappa shape index (κ3) is 2.48. The maximum atomic E-state index is 12.8. The van der Waals surface area contributed by atoms with Crippen LogP contribution in [0.5, 0.6) is 23.0 Å². The van der Waals surface area contributed by atoms with Crippen LogP contribution in [0.25, 0.3) is 0 Å². The third-order valence-corrected chi connectivity index (χ3v) is 4.50. The number of aromatic hydroxyl groups is 4. The Labute approximate surface area is 148 Å². The van der Waals surface area contributed by atoms with Gasteiger partial charge in [-0.3, -0.25) is 14.4 Å². The van der Waals surface area contributed by atoms with Crippen molar-refractivity contribution < 1.29 is 34.8 Å². The fourth-order valence-electron chi connectivity index (χ4n) is 3.10. The molecule has 0 radical (unpaired) electrons. The molecule has 26 heavy (non-hydrogen) atoms. The lowest BCUT2D eigenvalue weighted by Crippen LogP contribution is -2.22. The van der Waals surface area contributed by atoms with Gasteiger partial charge in [0.1, 0.15) is 28.8 Å². The minimum atomic E-state index is -0.889. The highest BCUT2D eigenvalue weighted by Crippen LogP contribution is 2.44. The van der Waals surface area contributed by atoms with Crippen LogP contribution >= 0.6 is 0 Å². The summed E-state index contributed by atoms with van der Waals surface area (Å²) >= 11 is 0. The number of hydrogen-bond acceptors (Lipinski definition) is 7. The van der Waals surface area contributed by atoms with Gasteiger partial charge in [0.25, 0.3) is 0 Å². The number of aryl methyl sites for hydroxylation is 1. The van der Waals surface area contributed by atoms with Crippen LogP contribution in [0.1, 0.15) is 57.2 Å². The normalized spacial score (nSPS) is 12.7. The molecule has 0 amide bonds. The van der Waals surface area contributed by atoms with Crippen LogP contribution in [-0.2, 0) is 11.2 Å². The summed E-state index contributed by atoms with van der Waals surface area (Å²) in [6.45, 7) is 1.70. The Morgan fingerprint density at radius 1 is 0.846 bits per heavy atom. The van der Waals surface area contributed by atoms with Gasteiger partial charge in [0.2, 0.25) is 11.6 Å². The molecule has 0 spiro atoms. The van der Waals surface area contributed by atoms with E-state index in [1.54, 1.807) is 6.92 Å². The van der Waals surface area contributed by atoms with Crippen LogP contribution in [0, 0.1) is 0 Å². The monoisotopic (exact) mass is 356 g/mol. The first-order valence-corrected chi connectivity index (χ1v) is 8.01. The zero-order chi connectivity index (χ0) is 19.2. The van der Waals surface area contributed by atoms with E-state index in [1.165, 1.54) is 0 Å². The summed E-state index contributed by atoms with van der Waals surface area (Å²) in [7, 11) is 0. The third-order valence-electron chi connectivity index (χ3n) is 4.50. The first kappa shape index (κ1) is 17.5. The van der Waals surface area contributed by atoms with Gasteiger partial charge in [-0.15, -0.1) is 0 Å². The lowest BCUT2D eigenvalue weighted by atomic mass is 9.80. The second-order valence-corrected chi connectivity index (χ2v) is 6.06. The van der Waals surface area contributed by atoms with Crippen molar-refractivity contribution in [2.45, 2.75) is 26.2 Å². The number of benzene rings is 2. The Morgan fingerprint density at radius 2 is 1.35 bits per heavy atom. The molecule has 7 nitrogen and oxygen atoms in total. The van der Waals surface area contributed by atoms with E-state index in [0.717, 1.165) is 18.2 Å². The summed E-state index contributed by atoms with van der Waals surface area (Å²) in [5.41, 5.74) is -1.59. The molecule has 3 rings (SSSR count). The van der Waals surface area contributed by atoms with Crippen molar-refractivity contribution in [3.8, 4) is 23.0 Å². The SMILES string of the molecule is CCC(=O)CCc1cc(O)c2c(c1O)C(=O)c1c(O)ccc(O)c1C2=O. The highest BCUT2D eigenvalue weighted by molar-refractivity contribution is 6.32. The van der Waals surface area contributed by atoms with Crippen molar-refractivity contribution in [1.82, 2.24) is 0 Å². The van der Waals surface area contributed by atoms with Crippen LogP contribution in [-0.4, -0.2) is 37.8 Å². The Bertz CT molecular complexity index is 973. The summed E-state index contributed by atoms with van der Waals surface area (Å²) in [6, 6.07) is 3.25. The van der Waals surface area contributed by atoms with Crippen molar-refractivity contribution in [1.29, 1.82) is 0 Å². The smallest absolute Gasteiger partial charge is 0.202 e. The molecule has 0 saturated heterocycles. The molecule has 2 aromatic rings. The number of carbonyl (C=O) groups excluding carboxylic acids is 3. The van der Waals surface area contributed by atoms with Crippen molar-refractivity contribution >= 4 is 17.3 Å². The van der Waals surface area contributed by atoms with Gasteiger partial charge in [-0.05, 0) is 30.2 Å². The number of fused-ring (bicyclic) bond motifs is 2. The van der Waals surface area contributed by atoms with Crippen LogP contribution in [0.4, 0.5) is 0 Å². The minimum absolute atomic E-state index is 0.0584. The number of phenolic OH excluding ortho intramolecular Hbond substituents is 4. The molecule has 0 unspecified atom stereocenters. The zero-order valence-corrected chi connectivity index (χ0v) is 13.9. The van der Waals surface area contributed by atoms with Gasteiger partial charge < -0.3 is 20.4 Å². The van der Waals surface area contributed by atoms with Gasteiger partial charge in [-0.2, -0.15) is 0 Å². The molecule has 0 saturated carbocycles. The quantitative estimate of drug-likeness (QED) is 0.527. The standard InChI is InChI=1S/C19H16O7/c1-2-9(20)4-3-8-7-12(23)15-16(17(8)24)19(26)14-11(22)6-5-10(21)13(14)18(15)25/h5-7,21-24H,2-4H2,1H3. The Hall–Kier alpha value is -3.35. The Kier molecular flexibility index (Phi) is 4.15. The number of phenols is 4. The minimum Gasteiger partial charge on any atom is -0.507 e. The van der Waals surface area contributed by atoms with Gasteiger partial charge >= 0.3 is 0 Å². The van der Waals surface area contributed by atoms with Crippen molar-refractivity contribution in [2.24, 2.45) is 0 Å². The average molecular weight is 356 g/mol. The number of ketones is 3. The van der Waals surface area contributed by atoms with E-state index in [1.807, 2.05) is 0 Å². The second kappa shape index (κ2) is 6.18. The molecule has 0 fully saturated rings. The molecule has 0 atom stereocenters. The van der Waals surface area contributed by atoms with E-state index in [4.69, 9.17) is 0 Å². The lowest BCUT2D eigenvalue weighted by Gasteiger charge is -2.22. The molecule has 1 aliphatic carbocycles. The van der Waals surface area contributed by atoms with Gasteiger partial charge in [0.05, 0.1) is 22.3 Å². The molecule has 4 N–H and O–H groups in total. The van der Waals surface area contributed by atoms with Crippen LogP contribution in [0.3, 0.4) is 0 Å². The maximum Gasteiger partial charge on any atom is 0.202 e. The highest BCUT2D eigenvalue weighted by Gasteiger charge is 2.39. The molecule has 1 aliphatic rings. The summed E-state index contributed by atoms with van der Waals surface area (Å²) in [4.78, 5) is 37.0. The van der Waals surface area contributed by atoms with Gasteiger partial charge in [-0.1, -0.05) is 6.92 Å². The average Bonchev–Trinajstić information content (AvgIpc) is 2.61. The number of rotatable bonds is 4. The summed E-state index contributed by atoms with van der Waals surface area (Å²) in [5.74, 6) is -3.93.